The number of nitrogens with zero attached hydrogens (tertiary/aromatic N) is 3. The van der Waals surface area contributed by atoms with Crippen LogP contribution < -0.4 is 9.47 Å². The summed E-state index contributed by atoms with van der Waals surface area (Å²) < 4.78 is 14.7. The zero-order chi connectivity index (χ0) is 24.9. The highest BCUT2D eigenvalue weighted by atomic mass is 79.9. The fraction of sp³-hybridized carbons (Fsp3) is 0.300. The van der Waals surface area contributed by atoms with E-state index in [-0.39, 0.29) is 0 Å². The van der Waals surface area contributed by atoms with Crippen molar-refractivity contribution in [2.45, 2.75) is 52.9 Å². The van der Waals surface area contributed by atoms with Crippen LogP contribution in [0.4, 0.5) is 0 Å². The van der Waals surface area contributed by atoms with E-state index in [1.54, 1.807) is 0 Å². The molecule has 6 heteroatoms. The minimum absolute atomic E-state index is 0.290. The fourth-order valence-corrected chi connectivity index (χ4v) is 5.03. The Morgan fingerprint density at radius 1 is 0.917 bits per heavy atom. The van der Waals surface area contributed by atoms with Gasteiger partial charge in [0.15, 0.2) is 11.5 Å². The summed E-state index contributed by atoms with van der Waals surface area (Å²) in [5, 5.41) is 0. The molecule has 0 saturated heterocycles. The predicted octanol–water partition coefficient (Wildman–Crippen LogP) is 7.35. The lowest BCUT2D eigenvalue weighted by atomic mass is 10.1. The van der Waals surface area contributed by atoms with Gasteiger partial charge in [0.25, 0.3) is 0 Å². The summed E-state index contributed by atoms with van der Waals surface area (Å²) in [6.07, 6.45) is 4.32. The molecule has 0 atom stereocenters. The number of unbranched alkanes of at least 4 members (excludes halogenated alkanes) is 1. The van der Waals surface area contributed by atoms with Crippen LogP contribution in [0.2, 0.25) is 0 Å². The molecule has 1 aliphatic heterocycles. The van der Waals surface area contributed by atoms with E-state index in [1.807, 2.05) is 6.07 Å². The van der Waals surface area contributed by atoms with Crippen LogP contribution in [0.15, 0.2) is 77.4 Å². The fourth-order valence-electron chi connectivity index (χ4n) is 4.61. The van der Waals surface area contributed by atoms with Gasteiger partial charge in [-0.05, 0) is 48.2 Å². The molecule has 0 spiro atoms. The van der Waals surface area contributed by atoms with Crippen LogP contribution in [0, 0.1) is 6.92 Å². The van der Waals surface area contributed by atoms with E-state index in [0.717, 1.165) is 66.4 Å². The Kier molecular flexibility index (Phi) is 7.73. The van der Waals surface area contributed by atoms with Crippen molar-refractivity contribution in [1.82, 2.24) is 14.5 Å². The van der Waals surface area contributed by atoms with Crippen LogP contribution in [0.1, 0.15) is 42.1 Å². The van der Waals surface area contributed by atoms with Crippen molar-refractivity contribution in [3.05, 3.63) is 99.8 Å². The van der Waals surface area contributed by atoms with Gasteiger partial charge in [-0.15, -0.1) is 0 Å². The summed E-state index contributed by atoms with van der Waals surface area (Å²) in [7, 11) is 0. The first-order valence-electron chi connectivity index (χ1n) is 12.6. The summed E-state index contributed by atoms with van der Waals surface area (Å²) in [6, 6.07) is 23.4. The molecule has 0 bridgehead atoms. The van der Waals surface area contributed by atoms with Crippen LogP contribution >= 0.6 is 15.9 Å². The van der Waals surface area contributed by atoms with Crippen molar-refractivity contribution in [3.63, 3.8) is 0 Å². The molecule has 186 valence electrons. The molecule has 2 heterocycles. The molecule has 1 aliphatic rings. The van der Waals surface area contributed by atoms with E-state index in [0.29, 0.717) is 6.79 Å². The third-order valence-corrected chi connectivity index (χ3v) is 7.43. The first kappa shape index (κ1) is 24.6. The van der Waals surface area contributed by atoms with Crippen LogP contribution in [0.5, 0.6) is 11.5 Å². The zero-order valence-corrected chi connectivity index (χ0v) is 22.5. The summed E-state index contributed by atoms with van der Waals surface area (Å²) in [4.78, 5) is 7.35. The van der Waals surface area contributed by atoms with Gasteiger partial charge >= 0.3 is 0 Å². The number of aryl methyl sites for hydroxylation is 1. The van der Waals surface area contributed by atoms with Gasteiger partial charge in [0, 0.05) is 36.2 Å². The number of hydrogen-bond donors (Lipinski definition) is 0. The molecule has 0 fully saturated rings. The molecule has 0 radical (unpaired) electrons. The lowest BCUT2D eigenvalue weighted by Gasteiger charge is -2.24. The van der Waals surface area contributed by atoms with Gasteiger partial charge in [-0.25, -0.2) is 4.98 Å². The Hall–Kier alpha value is -3.09. The SMILES string of the molecule is CCCCn1c(CN(Cc2ccc(C)c(Br)c2)Cc2ccc3c(c2)OCO3)cnc1-c1ccccc1. The highest BCUT2D eigenvalue weighted by Gasteiger charge is 2.18. The second kappa shape index (κ2) is 11.3. The van der Waals surface area contributed by atoms with Crippen LogP contribution in [-0.4, -0.2) is 21.2 Å². The Morgan fingerprint density at radius 2 is 1.67 bits per heavy atom. The Morgan fingerprint density at radius 3 is 2.44 bits per heavy atom. The average Bonchev–Trinajstić information content (AvgIpc) is 3.52. The average molecular weight is 547 g/mol. The van der Waals surface area contributed by atoms with Gasteiger partial charge in [0.2, 0.25) is 6.79 Å². The minimum Gasteiger partial charge on any atom is -0.454 e. The minimum atomic E-state index is 0.290. The second-order valence-corrected chi connectivity index (χ2v) is 10.2. The molecular formula is C30H32BrN3O2. The number of halogens is 1. The highest BCUT2D eigenvalue weighted by molar-refractivity contribution is 9.10. The summed E-state index contributed by atoms with van der Waals surface area (Å²) in [5.74, 6) is 2.68. The topological polar surface area (TPSA) is 39.5 Å². The van der Waals surface area contributed by atoms with Crippen molar-refractivity contribution in [2.75, 3.05) is 6.79 Å². The molecule has 0 aliphatic carbocycles. The predicted molar refractivity (Wildman–Crippen MR) is 147 cm³/mol. The number of rotatable bonds is 10. The summed E-state index contributed by atoms with van der Waals surface area (Å²) in [5.41, 5.74) is 6.11. The number of benzene rings is 3. The molecule has 3 aromatic carbocycles. The van der Waals surface area contributed by atoms with Crippen molar-refractivity contribution < 1.29 is 9.47 Å². The smallest absolute Gasteiger partial charge is 0.231 e. The molecule has 5 rings (SSSR count). The Labute approximate surface area is 221 Å². The molecule has 4 aromatic rings. The highest BCUT2D eigenvalue weighted by Crippen LogP contribution is 2.33. The molecule has 0 amide bonds. The van der Waals surface area contributed by atoms with Crippen molar-refractivity contribution >= 4 is 15.9 Å². The summed E-state index contributed by atoms with van der Waals surface area (Å²) in [6.45, 7) is 8.02. The van der Waals surface area contributed by atoms with Gasteiger partial charge in [-0.2, -0.15) is 0 Å². The maximum Gasteiger partial charge on any atom is 0.231 e. The van der Waals surface area contributed by atoms with E-state index in [4.69, 9.17) is 14.5 Å². The molecular weight excluding hydrogens is 514 g/mol. The van der Waals surface area contributed by atoms with Crippen LogP contribution in [0.25, 0.3) is 11.4 Å². The first-order valence-corrected chi connectivity index (χ1v) is 13.4. The molecule has 5 nitrogen and oxygen atoms in total. The van der Waals surface area contributed by atoms with Gasteiger partial charge in [0.1, 0.15) is 5.82 Å². The van der Waals surface area contributed by atoms with Crippen molar-refractivity contribution in [2.24, 2.45) is 0 Å². The van der Waals surface area contributed by atoms with Crippen LogP contribution in [0.3, 0.4) is 0 Å². The van der Waals surface area contributed by atoms with E-state index in [2.05, 4.69) is 106 Å². The van der Waals surface area contributed by atoms with E-state index < -0.39 is 0 Å². The molecule has 0 saturated carbocycles. The molecule has 0 unspecified atom stereocenters. The van der Waals surface area contributed by atoms with Gasteiger partial charge < -0.3 is 14.0 Å². The Balaban J connectivity index is 1.45. The number of aromatic nitrogens is 2. The van der Waals surface area contributed by atoms with Gasteiger partial charge in [0.05, 0.1) is 11.9 Å². The third-order valence-electron chi connectivity index (χ3n) is 6.58. The first-order chi connectivity index (χ1) is 17.6. The lowest BCUT2D eigenvalue weighted by molar-refractivity contribution is 0.174. The number of hydrogen-bond acceptors (Lipinski definition) is 4. The third kappa shape index (κ3) is 5.66. The van der Waals surface area contributed by atoms with E-state index in [1.165, 1.54) is 22.4 Å². The molecule has 0 N–H and O–H groups in total. The largest absolute Gasteiger partial charge is 0.454 e. The summed E-state index contributed by atoms with van der Waals surface area (Å²) >= 11 is 3.71. The normalized spacial score (nSPS) is 12.4. The Bertz CT molecular complexity index is 1320. The van der Waals surface area contributed by atoms with Crippen molar-refractivity contribution in [1.29, 1.82) is 0 Å². The van der Waals surface area contributed by atoms with Gasteiger partial charge in [-0.1, -0.05) is 77.8 Å². The quantitative estimate of drug-likeness (QED) is 0.209. The monoisotopic (exact) mass is 545 g/mol. The van der Waals surface area contributed by atoms with Gasteiger partial charge in [-0.3, -0.25) is 4.90 Å². The number of ether oxygens (including phenoxy) is 2. The molecule has 1 aromatic heterocycles. The maximum absolute atomic E-state index is 5.64. The van der Waals surface area contributed by atoms with E-state index in [9.17, 15) is 0 Å². The second-order valence-electron chi connectivity index (χ2n) is 9.36. The number of imidazole rings is 1. The number of fused-ring (bicyclic) bond motifs is 1. The van der Waals surface area contributed by atoms with Crippen molar-refractivity contribution in [3.8, 4) is 22.9 Å². The maximum atomic E-state index is 5.64. The molecule has 36 heavy (non-hydrogen) atoms. The van der Waals surface area contributed by atoms with E-state index >= 15 is 0 Å². The lowest BCUT2D eigenvalue weighted by Crippen LogP contribution is -2.24. The zero-order valence-electron chi connectivity index (χ0n) is 20.9. The van der Waals surface area contributed by atoms with Crippen LogP contribution in [-0.2, 0) is 26.2 Å². The standard InChI is InChI=1S/C30H32BrN3O2/c1-3-4-14-34-26(17-32-30(34)25-8-6-5-7-9-25)20-33(18-23-11-10-22(2)27(31)15-23)19-24-12-13-28-29(16-24)36-21-35-28/h5-13,15-17H,3-4,14,18-21H2,1-2H3.